The van der Waals surface area contributed by atoms with Crippen LogP contribution in [0.1, 0.15) is 29.7 Å². The summed E-state index contributed by atoms with van der Waals surface area (Å²) < 4.78 is 0. The highest BCUT2D eigenvalue weighted by Gasteiger charge is 2.19. The number of hydrogen-bond donors (Lipinski definition) is 3. The summed E-state index contributed by atoms with van der Waals surface area (Å²) in [6.45, 7) is 4.95. The molecular weight excluding hydrogens is 342 g/mol. The Kier molecular flexibility index (Phi) is 6.51. The Morgan fingerprint density at radius 3 is 2.70 bits per heavy atom. The van der Waals surface area contributed by atoms with Crippen LogP contribution in [-0.4, -0.2) is 45.1 Å². The van der Waals surface area contributed by atoms with Crippen molar-refractivity contribution in [2.45, 2.75) is 32.4 Å². The molecular formula is C20H25N5O2. The fraction of sp³-hybridized carbons (Fsp3) is 0.350. The first-order valence-corrected chi connectivity index (χ1v) is 9.12. The molecule has 7 heteroatoms. The van der Waals surface area contributed by atoms with E-state index in [1.165, 1.54) is 11.6 Å². The third-order valence-corrected chi connectivity index (χ3v) is 4.71. The molecule has 1 fully saturated rings. The lowest BCUT2D eigenvalue weighted by Gasteiger charge is -2.32. The highest BCUT2D eigenvalue weighted by molar-refractivity contribution is 5.90. The number of carbonyl (C=O) groups excluding carboxylic acids is 1. The van der Waals surface area contributed by atoms with Gasteiger partial charge >= 0.3 is 0 Å². The molecule has 1 aromatic heterocycles. The standard InChI is InChI=1S/C20H25N5O2/c1-15-17(7-8-19(26)24-27)13-21-20(22-15)23-18-9-11-25(12-10-18)14-16-5-3-2-4-6-16/h2-8,13,18,27H,9-12,14H2,1H3,(H,24,26)(H,21,22,23). The molecule has 0 atom stereocenters. The van der Waals surface area contributed by atoms with Gasteiger partial charge in [-0.15, -0.1) is 0 Å². The Labute approximate surface area is 159 Å². The van der Waals surface area contributed by atoms with Gasteiger partial charge in [-0.2, -0.15) is 0 Å². The van der Waals surface area contributed by atoms with Crippen LogP contribution in [0.5, 0.6) is 0 Å². The molecule has 1 aliphatic rings. The lowest BCUT2D eigenvalue weighted by atomic mass is 10.0. The quantitative estimate of drug-likeness (QED) is 0.413. The summed E-state index contributed by atoms with van der Waals surface area (Å²) in [6, 6.07) is 10.9. The molecule has 1 aromatic carbocycles. The van der Waals surface area contributed by atoms with Crippen LogP contribution in [0.4, 0.5) is 5.95 Å². The molecule has 7 nitrogen and oxygen atoms in total. The van der Waals surface area contributed by atoms with Crippen molar-refractivity contribution in [3.05, 3.63) is 59.4 Å². The van der Waals surface area contributed by atoms with Gasteiger partial charge in [-0.05, 0) is 31.4 Å². The largest absolute Gasteiger partial charge is 0.351 e. The van der Waals surface area contributed by atoms with Gasteiger partial charge in [-0.1, -0.05) is 30.3 Å². The average molecular weight is 367 g/mol. The van der Waals surface area contributed by atoms with Crippen molar-refractivity contribution in [3.8, 4) is 0 Å². The van der Waals surface area contributed by atoms with E-state index in [1.54, 1.807) is 17.8 Å². The number of hydrogen-bond acceptors (Lipinski definition) is 6. The van der Waals surface area contributed by atoms with E-state index in [2.05, 4.69) is 44.5 Å². The van der Waals surface area contributed by atoms with Crippen molar-refractivity contribution in [2.24, 2.45) is 0 Å². The third-order valence-electron chi connectivity index (χ3n) is 4.71. The van der Waals surface area contributed by atoms with Crippen LogP contribution in [0.2, 0.25) is 0 Å². The number of piperidine rings is 1. The number of rotatable bonds is 6. The first-order valence-electron chi connectivity index (χ1n) is 9.12. The van der Waals surface area contributed by atoms with Crippen LogP contribution in [0, 0.1) is 6.92 Å². The molecule has 0 spiro atoms. The maximum Gasteiger partial charge on any atom is 0.267 e. The molecule has 1 saturated heterocycles. The molecule has 1 aliphatic heterocycles. The van der Waals surface area contributed by atoms with Gasteiger partial charge in [0.25, 0.3) is 5.91 Å². The second kappa shape index (κ2) is 9.25. The zero-order valence-electron chi connectivity index (χ0n) is 15.4. The first kappa shape index (κ1) is 19.0. The first-order chi connectivity index (χ1) is 13.1. The summed E-state index contributed by atoms with van der Waals surface area (Å²) in [5, 5.41) is 11.9. The molecule has 0 aliphatic carbocycles. The van der Waals surface area contributed by atoms with E-state index in [-0.39, 0.29) is 0 Å². The highest BCUT2D eigenvalue weighted by Crippen LogP contribution is 2.17. The van der Waals surface area contributed by atoms with Crippen LogP contribution in [-0.2, 0) is 11.3 Å². The fourth-order valence-corrected chi connectivity index (χ4v) is 3.17. The third kappa shape index (κ3) is 5.60. The Balaban J connectivity index is 1.51. The predicted octanol–water partition coefficient (Wildman–Crippen LogP) is 2.38. The Hall–Kier alpha value is -2.77. The smallest absolute Gasteiger partial charge is 0.267 e. The Morgan fingerprint density at radius 1 is 1.30 bits per heavy atom. The van der Waals surface area contributed by atoms with Gasteiger partial charge in [-0.25, -0.2) is 15.4 Å². The Bertz CT molecular complexity index is 786. The molecule has 0 bridgehead atoms. The van der Waals surface area contributed by atoms with Gasteiger partial charge in [0.2, 0.25) is 5.95 Å². The van der Waals surface area contributed by atoms with Crippen molar-refractivity contribution < 1.29 is 10.0 Å². The van der Waals surface area contributed by atoms with Crippen molar-refractivity contribution in [2.75, 3.05) is 18.4 Å². The van der Waals surface area contributed by atoms with E-state index in [0.29, 0.717) is 12.0 Å². The lowest BCUT2D eigenvalue weighted by molar-refractivity contribution is -0.124. The van der Waals surface area contributed by atoms with Crippen LogP contribution in [0.25, 0.3) is 6.08 Å². The predicted molar refractivity (Wildman–Crippen MR) is 104 cm³/mol. The van der Waals surface area contributed by atoms with Crippen molar-refractivity contribution in [1.29, 1.82) is 0 Å². The van der Waals surface area contributed by atoms with Crippen LogP contribution < -0.4 is 10.8 Å². The molecule has 2 aromatic rings. The minimum Gasteiger partial charge on any atom is -0.351 e. The fourth-order valence-electron chi connectivity index (χ4n) is 3.17. The van der Waals surface area contributed by atoms with E-state index >= 15 is 0 Å². The number of anilines is 1. The number of aromatic nitrogens is 2. The molecule has 142 valence electrons. The van der Waals surface area contributed by atoms with Crippen LogP contribution >= 0.6 is 0 Å². The second-order valence-electron chi connectivity index (χ2n) is 6.72. The Morgan fingerprint density at radius 2 is 2.04 bits per heavy atom. The lowest BCUT2D eigenvalue weighted by Crippen LogP contribution is -2.39. The summed E-state index contributed by atoms with van der Waals surface area (Å²) in [4.78, 5) is 22.4. The van der Waals surface area contributed by atoms with E-state index < -0.39 is 5.91 Å². The van der Waals surface area contributed by atoms with E-state index in [1.807, 2.05) is 13.0 Å². The van der Waals surface area contributed by atoms with Gasteiger partial charge in [0.05, 0.1) is 5.69 Å². The number of benzene rings is 1. The molecule has 0 saturated carbocycles. The van der Waals surface area contributed by atoms with Gasteiger partial charge in [-0.3, -0.25) is 14.9 Å². The van der Waals surface area contributed by atoms with Gasteiger partial charge in [0.1, 0.15) is 0 Å². The summed E-state index contributed by atoms with van der Waals surface area (Å²) >= 11 is 0. The number of nitrogens with one attached hydrogen (secondary N) is 2. The summed E-state index contributed by atoms with van der Waals surface area (Å²) in [6.07, 6.45) is 6.59. The van der Waals surface area contributed by atoms with Crippen LogP contribution in [0.15, 0.2) is 42.6 Å². The van der Waals surface area contributed by atoms with Gasteiger partial charge in [0, 0.05) is 43.5 Å². The van der Waals surface area contributed by atoms with Crippen molar-refractivity contribution in [1.82, 2.24) is 20.3 Å². The van der Waals surface area contributed by atoms with Crippen molar-refractivity contribution in [3.63, 3.8) is 0 Å². The summed E-state index contributed by atoms with van der Waals surface area (Å²) in [5.74, 6) is 0.0247. The van der Waals surface area contributed by atoms with E-state index in [9.17, 15) is 4.79 Å². The number of likely N-dealkylation sites (tertiary alicyclic amines) is 1. The zero-order valence-corrected chi connectivity index (χ0v) is 15.4. The second-order valence-corrected chi connectivity index (χ2v) is 6.72. The molecule has 27 heavy (non-hydrogen) atoms. The van der Waals surface area contributed by atoms with Crippen molar-refractivity contribution >= 4 is 17.9 Å². The minimum atomic E-state index is -0.584. The number of aryl methyl sites for hydroxylation is 1. The van der Waals surface area contributed by atoms with Gasteiger partial charge in [0.15, 0.2) is 0 Å². The van der Waals surface area contributed by atoms with E-state index in [4.69, 9.17) is 5.21 Å². The molecule has 2 heterocycles. The average Bonchev–Trinajstić information content (AvgIpc) is 2.69. The maximum absolute atomic E-state index is 11.1. The maximum atomic E-state index is 11.1. The highest BCUT2D eigenvalue weighted by atomic mass is 16.5. The van der Waals surface area contributed by atoms with Crippen LogP contribution in [0.3, 0.4) is 0 Å². The molecule has 3 N–H and O–H groups in total. The van der Waals surface area contributed by atoms with Gasteiger partial charge < -0.3 is 5.32 Å². The summed E-state index contributed by atoms with van der Waals surface area (Å²) in [5.41, 5.74) is 4.42. The monoisotopic (exact) mass is 367 g/mol. The number of nitrogens with zero attached hydrogens (tertiary/aromatic N) is 3. The minimum absolute atomic E-state index is 0.359. The van der Waals surface area contributed by atoms with E-state index in [0.717, 1.165) is 43.7 Å². The number of carbonyl (C=O) groups is 1. The molecule has 1 amide bonds. The molecule has 0 radical (unpaired) electrons. The number of amides is 1. The summed E-state index contributed by atoms with van der Waals surface area (Å²) in [7, 11) is 0. The molecule has 0 unspecified atom stereocenters. The zero-order chi connectivity index (χ0) is 19.1. The SMILES string of the molecule is Cc1nc(NC2CCN(Cc3ccccc3)CC2)ncc1C=CC(=O)NO. The topological polar surface area (TPSA) is 90.4 Å². The normalized spacial score (nSPS) is 15.8. The molecule has 3 rings (SSSR count). The number of hydroxylamine groups is 1.